The Morgan fingerprint density at radius 3 is 2.36 bits per heavy atom. The highest BCUT2D eigenvalue weighted by molar-refractivity contribution is 6.06. The second-order valence-corrected chi connectivity index (χ2v) is 12.6. The number of anilines is 1. The van der Waals surface area contributed by atoms with Crippen molar-refractivity contribution in [2.24, 2.45) is 5.92 Å². The van der Waals surface area contributed by atoms with Gasteiger partial charge in [0.25, 0.3) is 5.91 Å². The van der Waals surface area contributed by atoms with Gasteiger partial charge in [0.05, 0.1) is 24.2 Å². The summed E-state index contributed by atoms with van der Waals surface area (Å²) in [6, 6.07) is 19.1. The van der Waals surface area contributed by atoms with E-state index in [-0.39, 0.29) is 29.5 Å². The molecule has 0 atom stereocenters. The van der Waals surface area contributed by atoms with Gasteiger partial charge in [-0.2, -0.15) is 0 Å². The Balaban J connectivity index is 1.03. The fourth-order valence-corrected chi connectivity index (χ4v) is 7.09. The van der Waals surface area contributed by atoms with Crippen molar-refractivity contribution < 1.29 is 19.4 Å². The Labute approximate surface area is 275 Å². The first-order valence-electron chi connectivity index (χ1n) is 16.5. The zero-order valence-corrected chi connectivity index (χ0v) is 27.3. The molecule has 0 unspecified atom stereocenters. The number of likely N-dealkylation sites (tertiary alicyclic amines) is 2. The second kappa shape index (κ2) is 14.6. The summed E-state index contributed by atoms with van der Waals surface area (Å²) >= 11 is 0. The van der Waals surface area contributed by atoms with Gasteiger partial charge in [-0.05, 0) is 87.2 Å². The number of methoxy groups -OCH3 is 1. The first-order chi connectivity index (χ1) is 22.9. The third kappa shape index (κ3) is 6.88. The molecule has 2 aromatic heterocycles. The van der Waals surface area contributed by atoms with Crippen molar-refractivity contribution in [1.82, 2.24) is 23.9 Å². The van der Waals surface area contributed by atoms with Crippen LogP contribution in [0.4, 0.5) is 5.82 Å². The summed E-state index contributed by atoms with van der Waals surface area (Å²) in [6.07, 6.45) is 4.76. The first-order valence-corrected chi connectivity index (χ1v) is 16.5. The molecule has 0 radical (unpaired) electrons. The van der Waals surface area contributed by atoms with E-state index >= 15 is 0 Å². The second-order valence-electron chi connectivity index (χ2n) is 12.6. The Kier molecular flexibility index (Phi) is 10.1. The molecule has 0 spiro atoms. The van der Waals surface area contributed by atoms with Crippen LogP contribution in [0, 0.1) is 12.8 Å². The maximum atomic E-state index is 13.6. The number of pyridine rings is 1. The molecule has 47 heavy (non-hydrogen) atoms. The summed E-state index contributed by atoms with van der Waals surface area (Å²) in [5.41, 5.74) is 4.22. The van der Waals surface area contributed by atoms with E-state index in [1.54, 1.807) is 23.9 Å². The van der Waals surface area contributed by atoms with Crippen molar-refractivity contribution in [3.05, 3.63) is 94.0 Å². The number of aromatic nitrogens is 3. The van der Waals surface area contributed by atoms with Gasteiger partial charge >= 0.3 is 5.69 Å². The van der Waals surface area contributed by atoms with Crippen LogP contribution in [0.25, 0.3) is 11.0 Å². The van der Waals surface area contributed by atoms with Crippen LogP contribution in [0.1, 0.15) is 53.2 Å². The molecule has 2 amide bonds. The van der Waals surface area contributed by atoms with Gasteiger partial charge in [0.15, 0.2) is 0 Å². The maximum absolute atomic E-state index is 13.6. The minimum absolute atomic E-state index is 0.00825. The maximum Gasteiger partial charge on any atom is 0.329 e. The molecule has 2 saturated heterocycles. The SMILES string of the molecule is COCCn1c(=O)n(C2CCN(C(=O)C3CCN(Cc4ccnc(N(CO)C(=O)c5ccccc5C)c4)CC3)CC2)c2ccccc21. The number of rotatable bonds is 10. The number of aliphatic hydroxyl groups is 1. The van der Waals surface area contributed by atoms with E-state index in [0.717, 1.165) is 60.9 Å². The zero-order valence-electron chi connectivity index (χ0n) is 27.3. The smallest absolute Gasteiger partial charge is 0.329 e. The number of hydrogen-bond donors (Lipinski definition) is 1. The lowest BCUT2D eigenvalue weighted by Crippen LogP contribution is -2.46. The van der Waals surface area contributed by atoms with E-state index < -0.39 is 6.73 Å². The van der Waals surface area contributed by atoms with E-state index in [1.165, 1.54) is 4.90 Å². The fourth-order valence-electron chi connectivity index (χ4n) is 7.09. The Morgan fingerprint density at radius 1 is 0.957 bits per heavy atom. The van der Waals surface area contributed by atoms with Gasteiger partial charge in [-0.25, -0.2) is 9.78 Å². The molecule has 2 aromatic carbocycles. The zero-order chi connectivity index (χ0) is 32.9. The van der Waals surface area contributed by atoms with Crippen molar-refractivity contribution in [3.63, 3.8) is 0 Å². The molecule has 248 valence electrons. The molecule has 0 saturated carbocycles. The lowest BCUT2D eigenvalue weighted by atomic mass is 9.93. The molecule has 2 fully saturated rings. The van der Waals surface area contributed by atoms with Gasteiger partial charge in [-0.15, -0.1) is 0 Å². The minimum atomic E-state index is -0.469. The number of ether oxygens (including phenoxy) is 1. The standard InChI is InChI=1S/C36H44N6O5/c1-26-7-3-4-8-30(26)35(45)41(25-43)33-23-27(11-16-37-33)24-38-17-12-28(13-18-38)34(44)39-19-14-29(15-20-39)42-32-10-6-5-9-31(32)40(36(42)46)21-22-47-2/h3-11,16,23,28-29,43H,12-15,17-22,24-25H2,1-2H3. The highest BCUT2D eigenvalue weighted by Crippen LogP contribution is 2.29. The molecule has 0 aliphatic carbocycles. The van der Waals surface area contributed by atoms with Crippen LogP contribution in [-0.4, -0.2) is 87.5 Å². The minimum Gasteiger partial charge on any atom is -0.383 e. The fraction of sp³-hybridized carbons (Fsp3) is 0.444. The van der Waals surface area contributed by atoms with Gasteiger partial charge in [-0.1, -0.05) is 30.3 Å². The molecule has 1 N–H and O–H groups in total. The van der Waals surface area contributed by atoms with Gasteiger partial charge in [0, 0.05) is 50.5 Å². The van der Waals surface area contributed by atoms with E-state index in [0.29, 0.717) is 44.2 Å². The number of carbonyl (C=O) groups is 2. The molecule has 6 rings (SSSR count). The van der Waals surface area contributed by atoms with Gasteiger partial charge < -0.3 is 14.7 Å². The van der Waals surface area contributed by atoms with Crippen LogP contribution in [0.3, 0.4) is 0 Å². The number of carbonyl (C=O) groups excluding carboxylic acids is 2. The van der Waals surface area contributed by atoms with Crippen LogP contribution < -0.4 is 10.6 Å². The van der Waals surface area contributed by atoms with Crippen molar-refractivity contribution in [2.75, 3.05) is 51.5 Å². The quantitative estimate of drug-likeness (QED) is 0.262. The largest absolute Gasteiger partial charge is 0.383 e. The number of imidazole rings is 1. The molecule has 11 heteroatoms. The molecule has 0 bridgehead atoms. The molecular formula is C36H44N6O5. The Hall–Kier alpha value is -4.32. The summed E-state index contributed by atoms with van der Waals surface area (Å²) in [5, 5.41) is 10.1. The number of piperidine rings is 2. The highest BCUT2D eigenvalue weighted by atomic mass is 16.5. The lowest BCUT2D eigenvalue weighted by molar-refractivity contribution is -0.138. The predicted octanol–water partition coefficient (Wildman–Crippen LogP) is 3.83. The van der Waals surface area contributed by atoms with Crippen LogP contribution >= 0.6 is 0 Å². The number of nitrogens with zero attached hydrogens (tertiary/aromatic N) is 6. The van der Waals surface area contributed by atoms with Crippen molar-refractivity contribution in [3.8, 4) is 0 Å². The van der Waals surface area contributed by atoms with Crippen LogP contribution in [0.2, 0.25) is 0 Å². The van der Waals surface area contributed by atoms with E-state index in [2.05, 4.69) is 9.88 Å². The summed E-state index contributed by atoms with van der Waals surface area (Å²) in [5.74, 6) is 0.330. The number of para-hydroxylation sites is 2. The molecule has 4 heterocycles. The first kappa shape index (κ1) is 32.6. The molecule has 11 nitrogen and oxygen atoms in total. The van der Waals surface area contributed by atoms with E-state index in [1.807, 2.05) is 71.0 Å². The highest BCUT2D eigenvalue weighted by Gasteiger charge is 2.32. The van der Waals surface area contributed by atoms with E-state index in [9.17, 15) is 19.5 Å². The summed E-state index contributed by atoms with van der Waals surface area (Å²) in [7, 11) is 1.64. The predicted molar refractivity (Wildman–Crippen MR) is 180 cm³/mol. The number of hydrogen-bond acceptors (Lipinski definition) is 7. The number of aryl methyl sites for hydroxylation is 1. The van der Waals surface area contributed by atoms with Crippen molar-refractivity contribution in [2.45, 2.75) is 51.7 Å². The average molecular weight is 641 g/mol. The summed E-state index contributed by atoms with van der Waals surface area (Å²) in [4.78, 5) is 50.2. The number of amides is 2. The summed E-state index contributed by atoms with van der Waals surface area (Å²) < 4.78 is 8.96. The lowest BCUT2D eigenvalue weighted by Gasteiger charge is -2.37. The number of aliphatic hydroxyl groups excluding tert-OH is 1. The van der Waals surface area contributed by atoms with Crippen molar-refractivity contribution in [1.29, 1.82) is 0 Å². The van der Waals surface area contributed by atoms with Crippen molar-refractivity contribution >= 4 is 28.7 Å². The molecule has 4 aromatic rings. The average Bonchev–Trinajstić information content (AvgIpc) is 3.38. The number of fused-ring (bicyclic) bond motifs is 1. The molecular weight excluding hydrogens is 596 g/mol. The topological polar surface area (TPSA) is 113 Å². The third-order valence-corrected chi connectivity index (χ3v) is 9.72. The molecule has 2 aliphatic rings. The van der Waals surface area contributed by atoms with Gasteiger partial charge in [0.2, 0.25) is 5.91 Å². The van der Waals surface area contributed by atoms with Gasteiger partial charge in [0.1, 0.15) is 12.5 Å². The van der Waals surface area contributed by atoms with E-state index in [4.69, 9.17) is 4.74 Å². The Morgan fingerprint density at radius 2 is 1.66 bits per heavy atom. The van der Waals surface area contributed by atoms with Crippen LogP contribution in [0.15, 0.2) is 71.7 Å². The van der Waals surface area contributed by atoms with Crippen LogP contribution in [-0.2, 0) is 22.6 Å². The normalized spacial score (nSPS) is 16.5. The third-order valence-electron chi connectivity index (χ3n) is 9.72. The molecule has 2 aliphatic heterocycles. The monoisotopic (exact) mass is 640 g/mol. The summed E-state index contributed by atoms with van der Waals surface area (Å²) in [6.45, 7) is 5.95. The number of benzene rings is 2. The van der Waals surface area contributed by atoms with Crippen LogP contribution in [0.5, 0.6) is 0 Å². The Bertz CT molecular complexity index is 1770. The van der Waals surface area contributed by atoms with Gasteiger partial charge in [-0.3, -0.25) is 28.5 Å².